The molecule has 0 aliphatic carbocycles. The smallest absolute Gasteiger partial charge is 0.196 e. The van der Waals surface area contributed by atoms with Gasteiger partial charge in [0.15, 0.2) is 10.3 Å². The SMILES string of the molecule is Cc1cccc(-n2c(Cc3ccccc3)nnc2SCSc2nnc(Cc3ccccc3)n2-c2cccc(C)c2)c1. The highest BCUT2D eigenvalue weighted by atomic mass is 32.2. The first-order valence-corrected chi connectivity index (χ1v) is 15.5. The van der Waals surface area contributed by atoms with Gasteiger partial charge in [-0.05, 0) is 60.4 Å². The third-order valence-electron chi connectivity index (χ3n) is 6.71. The molecule has 0 saturated carbocycles. The Balaban J connectivity index is 1.27. The lowest BCUT2D eigenvalue weighted by molar-refractivity contribution is 0.846. The van der Waals surface area contributed by atoms with Gasteiger partial charge in [-0.2, -0.15) is 0 Å². The van der Waals surface area contributed by atoms with Crippen molar-refractivity contribution in [1.82, 2.24) is 29.5 Å². The van der Waals surface area contributed by atoms with Gasteiger partial charge in [0.1, 0.15) is 11.6 Å². The van der Waals surface area contributed by atoms with E-state index in [1.807, 2.05) is 12.1 Å². The van der Waals surface area contributed by atoms with Crippen LogP contribution < -0.4 is 0 Å². The fourth-order valence-electron chi connectivity index (χ4n) is 4.76. The van der Waals surface area contributed by atoms with E-state index < -0.39 is 0 Å². The van der Waals surface area contributed by atoms with Crippen LogP contribution >= 0.6 is 23.5 Å². The topological polar surface area (TPSA) is 61.4 Å². The fraction of sp³-hybridized carbons (Fsp3) is 0.152. The van der Waals surface area contributed by atoms with Crippen LogP contribution in [0.2, 0.25) is 0 Å². The van der Waals surface area contributed by atoms with Gasteiger partial charge < -0.3 is 0 Å². The average molecular weight is 575 g/mol. The Bertz CT molecular complexity index is 1620. The second-order valence-electron chi connectivity index (χ2n) is 9.88. The molecule has 6 rings (SSSR count). The van der Waals surface area contributed by atoms with Crippen molar-refractivity contribution in [2.45, 2.75) is 37.0 Å². The molecule has 41 heavy (non-hydrogen) atoms. The summed E-state index contributed by atoms with van der Waals surface area (Å²) in [6.45, 7) is 4.22. The number of rotatable bonds is 10. The monoisotopic (exact) mass is 574 g/mol. The van der Waals surface area contributed by atoms with Crippen molar-refractivity contribution < 1.29 is 0 Å². The molecule has 0 fully saturated rings. The molecule has 2 heterocycles. The van der Waals surface area contributed by atoms with Crippen molar-refractivity contribution >= 4 is 23.5 Å². The number of thioether (sulfide) groups is 2. The first-order chi connectivity index (χ1) is 20.1. The molecule has 0 aliphatic heterocycles. The van der Waals surface area contributed by atoms with E-state index in [2.05, 4.69) is 140 Å². The van der Waals surface area contributed by atoms with Crippen molar-refractivity contribution in [1.29, 1.82) is 0 Å². The zero-order chi connectivity index (χ0) is 28.0. The molecule has 6 aromatic rings. The Labute approximate surface area is 248 Å². The summed E-state index contributed by atoms with van der Waals surface area (Å²) in [5, 5.41) is 20.9. The van der Waals surface area contributed by atoms with E-state index in [1.165, 1.54) is 22.3 Å². The van der Waals surface area contributed by atoms with Gasteiger partial charge in [-0.1, -0.05) is 108 Å². The summed E-state index contributed by atoms with van der Waals surface area (Å²) >= 11 is 3.33. The predicted octanol–water partition coefficient (Wildman–Crippen LogP) is 7.49. The van der Waals surface area contributed by atoms with Gasteiger partial charge in [-0.15, -0.1) is 20.4 Å². The molecule has 0 radical (unpaired) electrons. The third kappa shape index (κ3) is 6.45. The number of nitrogens with zero attached hydrogens (tertiary/aromatic N) is 6. The molecule has 0 aliphatic rings. The lowest BCUT2D eigenvalue weighted by atomic mass is 10.1. The van der Waals surface area contributed by atoms with E-state index in [4.69, 9.17) is 0 Å². The van der Waals surface area contributed by atoms with Crippen LogP contribution in [0.4, 0.5) is 0 Å². The summed E-state index contributed by atoms with van der Waals surface area (Å²) in [5.41, 5.74) is 6.95. The number of aromatic nitrogens is 6. The van der Waals surface area contributed by atoms with Crippen molar-refractivity contribution in [3.63, 3.8) is 0 Å². The zero-order valence-corrected chi connectivity index (χ0v) is 24.6. The summed E-state index contributed by atoms with van der Waals surface area (Å²) in [5.74, 6) is 1.84. The largest absolute Gasteiger partial charge is 0.274 e. The van der Waals surface area contributed by atoms with E-state index >= 15 is 0 Å². The van der Waals surface area contributed by atoms with Crippen LogP contribution in [-0.4, -0.2) is 34.6 Å². The highest BCUT2D eigenvalue weighted by Crippen LogP contribution is 2.31. The molecule has 0 unspecified atom stereocenters. The lowest BCUT2D eigenvalue weighted by Crippen LogP contribution is -2.05. The summed E-state index contributed by atoms with van der Waals surface area (Å²) < 4.78 is 4.36. The second-order valence-corrected chi connectivity index (χ2v) is 12.1. The second kappa shape index (κ2) is 12.6. The Morgan fingerprint density at radius 1 is 0.512 bits per heavy atom. The molecule has 4 aromatic carbocycles. The third-order valence-corrected chi connectivity index (χ3v) is 8.69. The molecule has 0 spiro atoms. The van der Waals surface area contributed by atoms with Crippen LogP contribution in [0.25, 0.3) is 11.4 Å². The highest BCUT2D eigenvalue weighted by Gasteiger charge is 2.18. The van der Waals surface area contributed by atoms with Crippen LogP contribution in [0.15, 0.2) is 120 Å². The number of hydrogen-bond donors (Lipinski definition) is 0. The minimum Gasteiger partial charge on any atom is -0.274 e. The molecule has 6 nitrogen and oxygen atoms in total. The molecular weight excluding hydrogens is 545 g/mol. The molecule has 0 atom stereocenters. The standard InChI is InChI=1S/C33H30N6S2/c1-24-11-9-17-28(19-24)38-30(21-26-13-5-3-6-14-26)34-36-32(38)40-23-41-33-37-35-31(22-27-15-7-4-8-16-27)39(33)29-18-10-12-25(2)20-29/h3-20H,21-23H2,1-2H3. The van der Waals surface area contributed by atoms with E-state index in [0.717, 1.165) is 33.3 Å². The maximum atomic E-state index is 4.62. The van der Waals surface area contributed by atoms with E-state index in [9.17, 15) is 0 Å². The number of aryl methyl sites for hydroxylation is 2. The zero-order valence-electron chi connectivity index (χ0n) is 23.0. The Morgan fingerprint density at radius 2 is 0.951 bits per heavy atom. The quantitative estimate of drug-likeness (QED) is 0.125. The van der Waals surface area contributed by atoms with Gasteiger partial charge in [-0.3, -0.25) is 9.13 Å². The first-order valence-electron chi connectivity index (χ1n) is 13.5. The van der Waals surface area contributed by atoms with E-state index in [-0.39, 0.29) is 0 Å². The molecule has 2 aromatic heterocycles. The number of hydrogen-bond acceptors (Lipinski definition) is 6. The van der Waals surface area contributed by atoms with Crippen molar-refractivity contribution in [3.8, 4) is 11.4 Å². The summed E-state index contributed by atoms with van der Waals surface area (Å²) in [6.07, 6.45) is 1.42. The fourth-order valence-corrected chi connectivity index (χ4v) is 6.72. The van der Waals surface area contributed by atoms with Crippen molar-refractivity contribution in [2.75, 3.05) is 5.08 Å². The van der Waals surface area contributed by atoms with Gasteiger partial charge in [0.05, 0.1) is 5.08 Å². The maximum absolute atomic E-state index is 4.62. The summed E-state index contributed by atoms with van der Waals surface area (Å²) in [7, 11) is 0. The lowest BCUT2D eigenvalue weighted by Gasteiger charge is -2.12. The minimum atomic E-state index is 0.708. The average Bonchev–Trinajstić information content (AvgIpc) is 3.57. The first kappa shape index (κ1) is 27.1. The van der Waals surface area contributed by atoms with Gasteiger partial charge in [0.2, 0.25) is 0 Å². The van der Waals surface area contributed by atoms with E-state index in [1.54, 1.807) is 23.5 Å². The predicted molar refractivity (Wildman–Crippen MR) is 167 cm³/mol. The normalized spacial score (nSPS) is 11.2. The van der Waals surface area contributed by atoms with Crippen LogP contribution in [0.1, 0.15) is 33.9 Å². The van der Waals surface area contributed by atoms with Gasteiger partial charge in [-0.25, -0.2) is 0 Å². The van der Waals surface area contributed by atoms with E-state index in [0.29, 0.717) is 17.9 Å². The van der Waals surface area contributed by atoms with Crippen LogP contribution in [-0.2, 0) is 12.8 Å². The summed E-state index contributed by atoms with van der Waals surface area (Å²) in [6, 6.07) is 37.8. The maximum Gasteiger partial charge on any atom is 0.196 e. The molecular formula is C33H30N6S2. The minimum absolute atomic E-state index is 0.708. The van der Waals surface area contributed by atoms with Crippen molar-refractivity contribution in [2.24, 2.45) is 0 Å². The highest BCUT2D eigenvalue weighted by molar-refractivity contribution is 8.15. The van der Waals surface area contributed by atoms with Crippen LogP contribution in [0, 0.1) is 13.8 Å². The van der Waals surface area contributed by atoms with Gasteiger partial charge in [0, 0.05) is 24.2 Å². The van der Waals surface area contributed by atoms with Gasteiger partial charge in [0.25, 0.3) is 0 Å². The molecule has 0 bridgehead atoms. The molecule has 0 amide bonds. The van der Waals surface area contributed by atoms with Crippen LogP contribution in [0.5, 0.6) is 0 Å². The molecule has 0 saturated heterocycles. The number of benzene rings is 4. The van der Waals surface area contributed by atoms with Crippen molar-refractivity contribution in [3.05, 3.63) is 143 Å². The molecule has 0 N–H and O–H groups in total. The van der Waals surface area contributed by atoms with Crippen LogP contribution in [0.3, 0.4) is 0 Å². The Hall–Kier alpha value is -4.14. The summed E-state index contributed by atoms with van der Waals surface area (Å²) in [4.78, 5) is 0. The molecule has 204 valence electrons. The Morgan fingerprint density at radius 3 is 1.37 bits per heavy atom. The van der Waals surface area contributed by atoms with Gasteiger partial charge >= 0.3 is 0 Å². The Kier molecular flexibility index (Phi) is 8.30. The molecule has 8 heteroatoms.